The summed E-state index contributed by atoms with van der Waals surface area (Å²) < 4.78 is 0. The van der Waals surface area contributed by atoms with Gasteiger partial charge in [-0.25, -0.2) is 0 Å². The lowest BCUT2D eigenvalue weighted by Crippen LogP contribution is -2.46. The highest BCUT2D eigenvalue weighted by molar-refractivity contribution is 5.40. The maximum atomic E-state index is 9.90. The van der Waals surface area contributed by atoms with Gasteiger partial charge in [0.1, 0.15) is 11.5 Å². The second kappa shape index (κ2) is 5.16. The lowest BCUT2D eigenvalue weighted by molar-refractivity contribution is 0.122. The van der Waals surface area contributed by atoms with Gasteiger partial charge in [-0.3, -0.25) is 4.90 Å². The van der Waals surface area contributed by atoms with Crippen molar-refractivity contribution in [3.63, 3.8) is 0 Å². The van der Waals surface area contributed by atoms with Crippen molar-refractivity contribution in [2.24, 2.45) is 11.7 Å². The Morgan fingerprint density at radius 3 is 2.72 bits per heavy atom. The number of nitrogens with two attached hydrogens (primary N) is 1. The summed E-state index contributed by atoms with van der Waals surface area (Å²) in [6.07, 6.45) is 0.990. The van der Waals surface area contributed by atoms with Gasteiger partial charge in [0.05, 0.1) is 0 Å². The zero-order valence-corrected chi connectivity index (χ0v) is 11.0. The van der Waals surface area contributed by atoms with Crippen LogP contribution in [0.5, 0.6) is 11.5 Å². The molecule has 3 atom stereocenters. The second-order valence-electron chi connectivity index (χ2n) is 5.34. The predicted octanol–water partition coefficient (Wildman–Crippen LogP) is 1.83. The summed E-state index contributed by atoms with van der Waals surface area (Å²) in [5.41, 5.74) is 6.88. The molecule has 0 spiro atoms. The number of piperidine rings is 1. The van der Waals surface area contributed by atoms with Gasteiger partial charge in [0.25, 0.3) is 0 Å². The minimum Gasteiger partial charge on any atom is -0.508 e. The number of benzene rings is 1. The van der Waals surface area contributed by atoms with E-state index in [1.54, 1.807) is 12.1 Å². The summed E-state index contributed by atoms with van der Waals surface area (Å²) in [6.45, 7) is 6.14. The summed E-state index contributed by atoms with van der Waals surface area (Å²) in [5.74, 6) is 0.725. The fraction of sp³-hybridized carbons (Fsp3) is 0.571. The van der Waals surface area contributed by atoms with Gasteiger partial charge in [0, 0.05) is 36.8 Å². The molecule has 1 aromatic rings. The topological polar surface area (TPSA) is 69.7 Å². The Balaban J connectivity index is 2.13. The van der Waals surface area contributed by atoms with E-state index in [4.69, 9.17) is 5.73 Å². The lowest BCUT2D eigenvalue weighted by atomic mass is 9.92. The Bertz CT molecular complexity index is 422. The Morgan fingerprint density at radius 1 is 1.39 bits per heavy atom. The largest absolute Gasteiger partial charge is 0.508 e. The molecular weight excluding hydrogens is 228 g/mol. The van der Waals surface area contributed by atoms with E-state index in [0.717, 1.165) is 25.1 Å². The number of phenols is 2. The number of aromatic hydroxyl groups is 2. The van der Waals surface area contributed by atoms with Gasteiger partial charge in [-0.1, -0.05) is 13.0 Å². The third-order valence-corrected chi connectivity index (χ3v) is 4.01. The first-order chi connectivity index (χ1) is 8.49. The Labute approximate surface area is 108 Å². The molecule has 3 unspecified atom stereocenters. The normalized spacial score (nSPS) is 27.1. The number of hydrogen-bond acceptors (Lipinski definition) is 4. The van der Waals surface area contributed by atoms with Crippen molar-refractivity contribution in [3.8, 4) is 11.5 Å². The molecule has 0 aliphatic carbocycles. The minimum atomic E-state index is 0.0949. The summed E-state index contributed by atoms with van der Waals surface area (Å²) >= 11 is 0. The van der Waals surface area contributed by atoms with Gasteiger partial charge in [-0.2, -0.15) is 0 Å². The van der Waals surface area contributed by atoms with E-state index in [9.17, 15) is 10.2 Å². The van der Waals surface area contributed by atoms with Crippen LogP contribution < -0.4 is 5.73 Å². The molecule has 1 fully saturated rings. The molecule has 4 N–H and O–H groups in total. The van der Waals surface area contributed by atoms with Gasteiger partial charge in [0.15, 0.2) is 0 Å². The van der Waals surface area contributed by atoms with Crippen molar-refractivity contribution in [3.05, 3.63) is 23.8 Å². The zero-order valence-electron chi connectivity index (χ0n) is 11.0. The van der Waals surface area contributed by atoms with Crippen LogP contribution >= 0.6 is 0 Å². The lowest BCUT2D eigenvalue weighted by Gasteiger charge is -2.39. The quantitative estimate of drug-likeness (QED) is 0.749. The maximum Gasteiger partial charge on any atom is 0.124 e. The predicted molar refractivity (Wildman–Crippen MR) is 71.5 cm³/mol. The van der Waals surface area contributed by atoms with Crippen molar-refractivity contribution in [2.45, 2.75) is 32.4 Å². The first-order valence-corrected chi connectivity index (χ1v) is 6.50. The van der Waals surface area contributed by atoms with Crippen molar-refractivity contribution >= 4 is 0 Å². The molecule has 1 saturated heterocycles. The molecule has 18 heavy (non-hydrogen) atoms. The zero-order chi connectivity index (χ0) is 13.3. The Kier molecular flexibility index (Phi) is 3.78. The number of rotatable bonds is 2. The fourth-order valence-corrected chi connectivity index (χ4v) is 2.63. The first kappa shape index (κ1) is 13.2. The molecule has 4 nitrogen and oxygen atoms in total. The average Bonchev–Trinajstić information content (AvgIpc) is 2.32. The number of hydrogen-bond donors (Lipinski definition) is 3. The molecule has 0 saturated carbocycles. The molecule has 0 bridgehead atoms. The van der Waals surface area contributed by atoms with Crippen molar-refractivity contribution < 1.29 is 10.2 Å². The fourth-order valence-electron chi connectivity index (χ4n) is 2.63. The highest BCUT2D eigenvalue weighted by Crippen LogP contribution is 2.33. The molecule has 0 amide bonds. The van der Waals surface area contributed by atoms with Gasteiger partial charge in [-0.15, -0.1) is 0 Å². The Hall–Kier alpha value is -1.26. The van der Waals surface area contributed by atoms with Crippen LogP contribution in [-0.2, 0) is 0 Å². The molecular formula is C14H22N2O2. The van der Waals surface area contributed by atoms with Crippen LogP contribution in [0.25, 0.3) is 0 Å². The summed E-state index contributed by atoms with van der Waals surface area (Å²) in [6, 6.07) is 5.21. The van der Waals surface area contributed by atoms with Crippen LogP contribution in [0, 0.1) is 5.92 Å². The van der Waals surface area contributed by atoms with Crippen LogP contribution in [0.2, 0.25) is 0 Å². The van der Waals surface area contributed by atoms with Crippen LogP contribution in [0.15, 0.2) is 18.2 Å². The molecule has 2 rings (SSSR count). The first-order valence-electron chi connectivity index (χ1n) is 6.50. The van der Waals surface area contributed by atoms with Crippen molar-refractivity contribution in [2.75, 3.05) is 13.1 Å². The third kappa shape index (κ3) is 2.60. The third-order valence-electron chi connectivity index (χ3n) is 4.01. The van der Waals surface area contributed by atoms with E-state index in [2.05, 4.69) is 18.7 Å². The van der Waals surface area contributed by atoms with Crippen LogP contribution in [0.4, 0.5) is 0 Å². The number of likely N-dealkylation sites (tertiary alicyclic amines) is 1. The molecule has 1 aliphatic rings. The molecule has 4 heteroatoms. The van der Waals surface area contributed by atoms with E-state index < -0.39 is 0 Å². The summed E-state index contributed by atoms with van der Waals surface area (Å²) in [4.78, 5) is 2.33. The molecule has 100 valence electrons. The SMILES string of the molecule is CC1CN(C(C)c2ccc(O)cc2O)CCC1N. The molecule has 1 heterocycles. The summed E-state index contributed by atoms with van der Waals surface area (Å²) in [7, 11) is 0. The van der Waals surface area contributed by atoms with Crippen LogP contribution in [-0.4, -0.2) is 34.2 Å². The minimum absolute atomic E-state index is 0.0949. The van der Waals surface area contributed by atoms with Gasteiger partial charge in [0.2, 0.25) is 0 Å². The van der Waals surface area contributed by atoms with E-state index >= 15 is 0 Å². The maximum absolute atomic E-state index is 9.90. The number of phenolic OH excluding ortho intramolecular Hbond substituents is 2. The molecule has 0 aromatic heterocycles. The highest BCUT2D eigenvalue weighted by atomic mass is 16.3. The van der Waals surface area contributed by atoms with Crippen molar-refractivity contribution in [1.82, 2.24) is 4.90 Å². The summed E-state index contributed by atoms with van der Waals surface area (Å²) in [5, 5.41) is 19.2. The van der Waals surface area contributed by atoms with E-state index in [1.165, 1.54) is 6.07 Å². The monoisotopic (exact) mass is 250 g/mol. The van der Waals surface area contributed by atoms with Gasteiger partial charge in [-0.05, 0) is 25.3 Å². The van der Waals surface area contributed by atoms with Crippen molar-refractivity contribution in [1.29, 1.82) is 0 Å². The van der Waals surface area contributed by atoms with E-state index in [1.807, 2.05) is 0 Å². The van der Waals surface area contributed by atoms with E-state index in [-0.39, 0.29) is 23.6 Å². The van der Waals surface area contributed by atoms with Crippen LogP contribution in [0.3, 0.4) is 0 Å². The highest BCUT2D eigenvalue weighted by Gasteiger charge is 2.27. The molecule has 1 aliphatic heterocycles. The molecule has 1 aromatic carbocycles. The average molecular weight is 250 g/mol. The number of nitrogens with zero attached hydrogens (tertiary/aromatic N) is 1. The van der Waals surface area contributed by atoms with Gasteiger partial charge >= 0.3 is 0 Å². The van der Waals surface area contributed by atoms with Crippen LogP contribution in [0.1, 0.15) is 31.9 Å². The van der Waals surface area contributed by atoms with E-state index in [0.29, 0.717) is 5.92 Å². The molecule has 0 radical (unpaired) electrons. The standard InChI is InChI=1S/C14H22N2O2/c1-9-8-16(6-5-13(9)15)10(2)12-4-3-11(17)7-14(12)18/h3-4,7,9-10,13,17-18H,5-6,8,15H2,1-2H3. The smallest absolute Gasteiger partial charge is 0.124 e. The second-order valence-corrected chi connectivity index (χ2v) is 5.34. The van der Waals surface area contributed by atoms with Gasteiger partial charge < -0.3 is 15.9 Å². The Morgan fingerprint density at radius 2 is 2.11 bits per heavy atom.